The summed E-state index contributed by atoms with van der Waals surface area (Å²) in [6.07, 6.45) is 1.15. The van der Waals surface area contributed by atoms with E-state index in [1.807, 2.05) is 0 Å². The zero-order valence-electron chi connectivity index (χ0n) is 15.2. The Morgan fingerprint density at radius 2 is 1.80 bits per heavy atom. The number of thiophene rings is 1. The number of hydrazone groups is 1. The molecule has 2 N–H and O–H groups in total. The number of amides is 1. The fourth-order valence-corrected chi connectivity index (χ4v) is 4.47. The number of nitrogens with zero attached hydrogens (tertiary/aromatic N) is 1. The van der Waals surface area contributed by atoms with Crippen molar-refractivity contribution in [2.45, 2.75) is 10.8 Å². The maximum absolute atomic E-state index is 12.5. The first-order valence-electron chi connectivity index (χ1n) is 8.39. The van der Waals surface area contributed by atoms with Gasteiger partial charge in [-0.2, -0.15) is 13.9 Å². The van der Waals surface area contributed by atoms with Crippen LogP contribution in [0.15, 0.2) is 75.4 Å². The second kappa shape index (κ2) is 9.46. The minimum absolute atomic E-state index is 0.0342. The van der Waals surface area contributed by atoms with Crippen molar-refractivity contribution < 1.29 is 26.7 Å². The fraction of sp³-hybridized carbons (Fsp3) is 0.0526. The molecule has 3 rings (SSSR count). The highest BCUT2D eigenvalue weighted by Crippen LogP contribution is 2.23. The molecule has 0 bridgehead atoms. The van der Waals surface area contributed by atoms with Gasteiger partial charge in [0.1, 0.15) is 9.96 Å². The van der Waals surface area contributed by atoms with Crippen molar-refractivity contribution in [3.8, 4) is 5.75 Å². The highest BCUT2D eigenvalue weighted by atomic mass is 32.2. The summed E-state index contributed by atoms with van der Waals surface area (Å²) in [4.78, 5) is 12.5. The smallest absolute Gasteiger partial charge is 0.387 e. The monoisotopic (exact) mass is 451 g/mol. The number of para-hydroxylation sites is 2. The second-order valence-corrected chi connectivity index (χ2v) is 8.56. The molecular weight excluding hydrogens is 436 g/mol. The molecular formula is C19H15F2N3O4S2. The van der Waals surface area contributed by atoms with E-state index in [1.165, 1.54) is 36.4 Å². The van der Waals surface area contributed by atoms with Gasteiger partial charge in [-0.05, 0) is 35.7 Å². The lowest BCUT2D eigenvalue weighted by Gasteiger charge is -2.10. The molecule has 1 aromatic heterocycles. The maximum atomic E-state index is 12.5. The third-order valence-electron chi connectivity index (χ3n) is 3.68. The predicted molar refractivity (Wildman–Crippen MR) is 110 cm³/mol. The van der Waals surface area contributed by atoms with Crippen LogP contribution in [0.4, 0.5) is 14.5 Å². The van der Waals surface area contributed by atoms with Crippen LogP contribution < -0.4 is 14.9 Å². The summed E-state index contributed by atoms with van der Waals surface area (Å²) < 4.78 is 56.6. The molecule has 0 spiro atoms. The lowest BCUT2D eigenvalue weighted by Crippen LogP contribution is -2.21. The van der Waals surface area contributed by atoms with E-state index in [-0.39, 0.29) is 26.8 Å². The van der Waals surface area contributed by atoms with E-state index in [0.29, 0.717) is 0 Å². The number of rotatable bonds is 8. The molecule has 1 amide bonds. The molecule has 0 radical (unpaired) electrons. The molecule has 0 aliphatic rings. The van der Waals surface area contributed by atoms with Gasteiger partial charge in [0.15, 0.2) is 0 Å². The van der Waals surface area contributed by atoms with Gasteiger partial charge in [0.05, 0.1) is 17.5 Å². The Bertz CT molecular complexity index is 1150. The summed E-state index contributed by atoms with van der Waals surface area (Å²) in [5.74, 6) is -0.794. The van der Waals surface area contributed by atoms with Crippen LogP contribution in [-0.4, -0.2) is 27.2 Å². The number of benzene rings is 2. The molecule has 156 valence electrons. The van der Waals surface area contributed by atoms with Crippen LogP contribution in [-0.2, 0) is 10.0 Å². The van der Waals surface area contributed by atoms with Gasteiger partial charge in [0.25, 0.3) is 15.9 Å². The molecule has 2 aromatic carbocycles. The number of carbonyl (C=O) groups excluding carboxylic acids is 1. The van der Waals surface area contributed by atoms with Gasteiger partial charge in [-0.3, -0.25) is 9.52 Å². The van der Waals surface area contributed by atoms with Crippen LogP contribution in [0, 0.1) is 0 Å². The quantitative estimate of drug-likeness (QED) is 0.401. The normalized spacial score (nSPS) is 11.6. The highest BCUT2D eigenvalue weighted by molar-refractivity contribution is 7.94. The standard InChI is InChI=1S/C19H15F2N3O4S2/c20-19(21)28-16-9-4-1-6-13(16)12-22-23-18(25)14-7-2-3-8-15(14)24-30(26,27)17-10-5-11-29-17/h1-12,19,24H,(H,23,25). The number of ether oxygens (including phenoxy) is 1. The Balaban J connectivity index is 1.75. The van der Waals surface area contributed by atoms with E-state index in [4.69, 9.17) is 0 Å². The van der Waals surface area contributed by atoms with Crippen molar-refractivity contribution in [3.63, 3.8) is 0 Å². The molecule has 0 saturated heterocycles. The molecule has 1 heterocycles. The molecule has 0 aliphatic carbocycles. The van der Waals surface area contributed by atoms with Gasteiger partial charge in [-0.1, -0.05) is 30.3 Å². The Labute approximate surface area is 175 Å². The van der Waals surface area contributed by atoms with Crippen LogP contribution in [0.3, 0.4) is 0 Å². The van der Waals surface area contributed by atoms with Crippen molar-refractivity contribution >= 4 is 39.2 Å². The average Bonchev–Trinajstić information content (AvgIpc) is 3.25. The van der Waals surface area contributed by atoms with Gasteiger partial charge in [0.2, 0.25) is 0 Å². The lowest BCUT2D eigenvalue weighted by atomic mass is 10.2. The number of nitrogens with one attached hydrogen (secondary N) is 2. The van der Waals surface area contributed by atoms with Crippen molar-refractivity contribution in [1.29, 1.82) is 0 Å². The summed E-state index contributed by atoms with van der Waals surface area (Å²) in [5.41, 5.74) is 2.57. The van der Waals surface area contributed by atoms with Gasteiger partial charge in [-0.15, -0.1) is 11.3 Å². The van der Waals surface area contributed by atoms with Gasteiger partial charge >= 0.3 is 6.61 Å². The number of anilines is 1. The van der Waals surface area contributed by atoms with E-state index < -0.39 is 22.5 Å². The molecule has 0 fully saturated rings. The topological polar surface area (TPSA) is 96.9 Å². The zero-order valence-corrected chi connectivity index (χ0v) is 16.8. The fourth-order valence-electron chi connectivity index (χ4n) is 2.39. The number of hydrogen-bond acceptors (Lipinski definition) is 6. The van der Waals surface area contributed by atoms with E-state index in [1.54, 1.807) is 29.6 Å². The number of hydrogen-bond donors (Lipinski definition) is 2. The predicted octanol–water partition coefficient (Wildman–Crippen LogP) is 3.91. The number of alkyl halides is 2. The minimum Gasteiger partial charge on any atom is -0.434 e. The summed E-state index contributed by atoms with van der Waals surface area (Å²) in [7, 11) is -3.84. The Kier molecular flexibility index (Phi) is 6.75. The first kappa shape index (κ1) is 21.4. The zero-order chi connectivity index (χ0) is 21.6. The third-order valence-corrected chi connectivity index (χ3v) is 6.44. The Morgan fingerprint density at radius 3 is 2.53 bits per heavy atom. The van der Waals surface area contributed by atoms with Crippen LogP contribution >= 0.6 is 11.3 Å². The Morgan fingerprint density at radius 1 is 1.07 bits per heavy atom. The van der Waals surface area contributed by atoms with Crippen LogP contribution in [0.2, 0.25) is 0 Å². The number of halogens is 2. The largest absolute Gasteiger partial charge is 0.434 e. The lowest BCUT2D eigenvalue weighted by molar-refractivity contribution is -0.0499. The molecule has 0 aliphatic heterocycles. The molecule has 0 saturated carbocycles. The van der Waals surface area contributed by atoms with E-state index in [9.17, 15) is 22.0 Å². The van der Waals surface area contributed by atoms with E-state index in [2.05, 4.69) is 20.0 Å². The average molecular weight is 451 g/mol. The van der Waals surface area contributed by atoms with Crippen molar-refractivity contribution in [2.24, 2.45) is 5.10 Å². The molecule has 0 atom stereocenters. The summed E-state index contributed by atoms with van der Waals surface area (Å²) in [6, 6.07) is 15.0. The summed E-state index contributed by atoms with van der Waals surface area (Å²) in [6.45, 7) is -3.00. The molecule has 11 heteroatoms. The third kappa shape index (κ3) is 5.39. The van der Waals surface area contributed by atoms with Crippen molar-refractivity contribution in [3.05, 3.63) is 77.2 Å². The molecule has 3 aromatic rings. The van der Waals surface area contributed by atoms with Crippen LogP contribution in [0.1, 0.15) is 15.9 Å². The van der Waals surface area contributed by atoms with E-state index >= 15 is 0 Å². The first-order valence-corrected chi connectivity index (χ1v) is 10.8. The van der Waals surface area contributed by atoms with Crippen molar-refractivity contribution in [1.82, 2.24) is 5.43 Å². The van der Waals surface area contributed by atoms with Gasteiger partial charge in [-0.25, -0.2) is 13.8 Å². The SMILES string of the molecule is O=C(NN=Cc1ccccc1OC(F)F)c1ccccc1NS(=O)(=O)c1cccs1. The first-order chi connectivity index (χ1) is 14.4. The van der Waals surface area contributed by atoms with Gasteiger partial charge in [0, 0.05) is 5.56 Å². The molecule has 30 heavy (non-hydrogen) atoms. The van der Waals surface area contributed by atoms with E-state index in [0.717, 1.165) is 17.6 Å². The highest BCUT2D eigenvalue weighted by Gasteiger charge is 2.19. The molecule has 7 nitrogen and oxygen atoms in total. The Hall–Kier alpha value is -3.31. The minimum atomic E-state index is -3.84. The van der Waals surface area contributed by atoms with Gasteiger partial charge < -0.3 is 4.74 Å². The summed E-state index contributed by atoms with van der Waals surface area (Å²) >= 11 is 1.04. The maximum Gasteiger partial charge on any atom is 0.387 e. The number of sulfonamides is 1. The molecule has 0 unspecified atom stereocenters. The van der Waals surface area contributed by atoms with Crippen molar-refractivity contribution in [2.75, 3.05) is 4.72 Å². The number of carbonyl (C=O) groups is 1. The van der Waals surface area contributed by atoms with Crippen LogP contribution in [0.5, 0.6) is 5.75 Å². The van der Waals surface area contributed by atoms with Crippen LogP contribution in [0.25, 0.3) is 0 Å². The summed E-state index contributed by atoms with van der Waals surface area (Å²) in [5, 5.41) is 5.37. The second-order valence-electron chi connectivity index (χ2n) is 5.70.